The lowest BCUT2D eigenvalue weighted by Crippen LogP contribution is -2.33. The molecule has 0 fully saturated rings. The average molecular weight is 447 g/mol. The van der Waals surface area contributed by atoms with E-state index in [4.69, 9.17) is 16.3 Å². The predicted molar refractivity (Wildman–Crippen MR) is 128 cm³/mol. The van der Waals surface area contributed by atoms with Gasteiger partial charge in [0.2, 0.25) is 0 Å². The molecule has 2 amide bonds. The first-order valence-electron chi connectivity index (χ1n) is 10.4. The van der Waals surface area contributed by atoms with E-state index in [0.717, 1.165) is 11.1 Å². The normalized spacial score (nSPS) is 13.7. The van der Waals surface area contributed by atoms with Crippen molar-refractivity contribution in [3.05, 3.63) is 94.1 Å². The zero-order valence-electron chi connectivity index (χ0n) is 18.1. The minimum atomic E-state index is -0.417. The lowest BCUT2D eigenvalue weighted by Gasteiger charge is -2.19. The highest BCUT2D eigenvalue weighted by molar-refractivity contribution is 6.46. The molecule has 1 aliphatic heterocycles. The van der Waals surface area contributed by atoms with Crippen LogP contribution in [0.5, 0.6) is 5.75 Å². The summed E-state index contributed by atoms with van der Waals surface area (Å²) in [6, 6.07) is 19.9. The van der Waals surface area contributed by atoms with Crippen molar-refractivity contribution in [1.82, 2.24) is 0 Å². The number of imide groups is 1. The quantitative estimate of drug-likeness (QED) is 0.489. The van der Waals surface area contributed by atoms with Crippen LogP contribution in [-0.4, -0.2) is 18.4 Å². The van der Waals surface area contributed by atoms with E-state index in [1.807, 2.05) is 63.2 Å². The number of hydrogen-bond donors (Lipinski definition) is 1. The molecular weight excluding hydrogens is 424 g/mol. The zero-order chi connectivity index (χ0) is 22.8. The van der Waals surface area contributed by atoms with Gasteiger partial charge < -0.3 is 10.1 Å². The fourth-order valence-corrected chi connectivity index (χ4v) is 3.82. The van der Waals surface area contributed by atoms with E-state index in [1.165, 1.54) is 4.90 Å². The first-order chi connectivity index (χ1) is 15.4. The van der Waals surface area contributed by atoms with E-state index < -0.39 is 5.91 Å². The van der Waals surface area contributed by atoms with Gasteiger partial charge in [-0.3, -0.25) is 9.59 Å². The second kappa shape index (κ2) is 8.89. The van der Waals surface area contributed by atoms with Gasteiger partial charge in [-0.25, -0.2) is 4.90 Å². The second-order valence-corrected chi connectivity index (χ2v) is 7.98. The van der Waals surface area contributed by atoms with Gasteiger partial charge in [0.25, 0.3) is 11.8 Å². The number of nitrogens with zero attached hydrogens (tertiary/aromatic N) is 1. The zero-order valence-corrected chi connectivity index (χ0v) is 18.9. The number of carbonyl (C=O) groups is 2. The van der Waals surface area contributed by atoms with Crippen LogP contribution in [0.15, 0.2) is 72.4 Å². The van der Waals surface area contributed by atoms with E-state index in [1.54, 1.807) is 24.3 Å². The van der Waals surface area contributed by atoms with Crippen LogP contribution in [0.4, 0.5) is 11.4 Å². The first-order valence-corrected chi connectivity index (χ1v) is 10.7. The number of benzene rings is 3. The Morgan fingerprint density at radius 3 is 2.38 bits per heavy atom. The van der Waals surface area contributed by atoms with Crippen LogP contribution in [0.2, 0.25) is 5.02 Å². The average Bonchev–Trinajstić information content (AvgIpc) is 3.01. The smallest absolute Gasteiger partial charge is 0.282 e. The lowest BCUT2D eigenvalue weighted by atomic mass is 10.0. The Kier molecular flexibility index (Phi) is 6.01. The maximum atomic E-state index is 13.6. The van der Waals surface area contributed by atoms with Crippen LogP contribution in [0.3, 0.4) is 0 Å². The van der Waals surface area contributed by atoms with E-state index >= 15 is 0 Å². The maximum absolute atomic E-state index is 13.6. The lowest BCUT2D eigenvalue weighted by molar-refractivity contribution is -0.120. The van der Waals surface area contributed by atoms with Crippen molar-refractivity contribution in [1.29, 1.82) is 0 Å². The highest BCUT2D eigenvalue weighted by Gasteiger charge is 2.41. The van der Waals surface area contributed by atoms with Crippen molar-refractivity contribution in [3.63, 3.8) is 0 Å². The number of amides is 2. The monoisotopic (exact) mass is 446 g/mol. The fraction of sp³-hybridized carbons (Fsp3) is 0.154. The third-order valence-corrected chi connectivity index (χ3v) is 5.52. The van der Waals surface area contributed by atoms with Gasteiger partial charge in [-0.15, -0.1) is 0 Å². The molecule has 1 N–H and O–H groups in total. The van der Waals surface area contributed by atoms with E-state index in [-0.39, 0.29) is 11.6 Å². The molecule has 0 bridgehead atoms. The Bertz CT molecular complexity index is 1230. The summed E-state index contributed by atoms with van der Waals surface area (Å²) in [4.78, 5) is 28.5. The Hall–Kier alpha value is -3.57. The minimum absolute atomic E-state index is 0.199. The molecule has 5 nitrogen and oxygen atoms in total. The summed E-state index contributed by atoms with van der Waals surface area (Å²) in [7, 11) is 0. The largest absolute Gasteiger partial charge is 0.492 e. The summed E-state index contributed by atoms with van der Waals surface area (Å²) >= 11 is 6.06. The SMILES string of the molecule is CCOc1ccccc1NC1=C(c2ccc(Cl)cc2)C(=O)N(c2cc(C)ccc2C)C1=O. The molecule has 6 heteroatoms. The number of nitrogens with one attached hydrogen (secondary N) is 1. The Morgan fingerprint density at radius 2 is 1.66 bits per heavy atom. The predicted octanol–water partition coefficient (Wildman–Crippen LogP) is 5.75. The number of aryl methyl sites for hydroxylation is 2. The molecule has 0 saturated heterocycles. The van der Waals surface area contributed by atoms with Gasteiger partial charge in [0, 0.05) is 5.02 Å². The molecule has 3 aromatic rings. The molecule has 1 aliphatic rings. The van der Waals surface area contributed by atoms with Gasteiger partial charge >= 0.3 is 0 Å². The summed E-state index contributed by atoms with van der Waals surface area (Å²) in [5, 5.41) is 3.73. The van der Waals surface area contributed by atoms with Crippen molar-refractivity contribution in [2.45, 2.75) is 20.8 Å². The molecule has 4 rings (SSSR count). The molecule has 0 aromatic heterocycles. The van der Waals surface area contributed by atoms with Crippen LogP contribution in [-0.2, 0) is 9.59 Å². The van der Waals surface area contributed by atoms with Gasteiger partial charge in [0.15, 0.2) is 0 Å². The third kappa shape index (κ3) is 3.99. The van der Waals surface area contributed by atoms with Crippen molar-refractivity contribution in [3.8, 4) is 5.75 Å². The molecular formula is C26H23ClN2O3. The van der Waals surface area contributed by atoms with Gasteiger partial charge in [-0.1, -0.05) is 48.0 Å². The number of halogens is 1. The summed E-state index contributed by atoms with van der Waals surface area (Å²) in [5.74, 6) is -0.203. The van der Waals surface area contributed by atoms with Gasteiger partial charge in [-0.2, -0.15) is 0 Å². The number of rotatable bonds is 6. The molecule has 0 atom stereocenters. The molecule has 1 heterocycles. The van der Waals surface area contributed by atoms with Crippen LogP contribution < -0.4 is 15.0 Å². The molecule has 3 aromatic carbocycles. The summed E-state index contributed by atoms with van der Waals surface area (Å²) < 4.78 is 5.70. The van der Waals surface area contributed by atoms with E-state index in [9.17, 15) is 9.59 Å². The summed E-state index contributed by atoms with van der Waals surface area (Å²) in [5.41, 5.74) is 4.08. The van der Waals surface area contributed by atoms with Gasteiger partial charge in [0.1, 0.15) is 11.4 Å². The second-order valence-electron chi connectivity index (χ2n) is 7.55. The highest BCUT2D eigenvalue weighted by Crippen LogP contribution is 2.37. The minimum Gasteiger partial charge on any atom is -0.492 e. The number of hydrogen-bond acceptors (Lipinski definition) is 4. The van der Waals surface area contributed by atoms with Gasteiger partial charge in [-0.05, 0) is 67.8 Å². The van der Waals surface area contributed by atoms with Crippen LogP contribution in [0.1, 0.15) is 23.6 Å². The Labute approximate surface area is 192 Å². The van der Waals surface area contributed by atoms with Crippen LogP contribution >= 0.6 is 11.6 Å². The van der Waals surface area contributed by atoms with Crippen molar-refractivity contribution in [2.24, 2.45) is 0 Å². The molecule has 162 valence electrons. The molecule has 0 spiro atoms. The number of ether oxygens (including phenoxy) is 1. The van der Waals surface area contributed by atoms with Crippen LogP contribution in [0, 0.1) is 13.8 Å². The van der Waals surface area contributed by atoms with Crippen molar-refractivity contribution >= 4 is 40.4 Å². The molecule has 0 saturated carbocycles. The maximum Gasteiger partial charge on any atom is 0.282 e. The third-order valence-electron chi connectivity index (χ3n) is 5.27. The van der Waals surface area contributed by atoms with Crippen molar-refractivity contribution < 1.29 is 14.3 Å². The molecule has 32 heavy (non-hydrogen) atoms. The standard InChI is InChI=1S/C26H23ClN2O3/c1-4-32-22-8-6-5-7-20(22)28-24-23(18-11-13-19(27)14-12-18)25(30)29(26(24)31)21-15-16(2)9-10-17(21)3/h5-15,28H,4H2,1-3H3. The molecule has 0 radical (unpaired) electrons. The molecule has 0 unspecified atom stereocenters. The number of anilines is 2. The highest BCUT2D eigenvalue weighted by atomic mass is 35.5. The topological polar surface area (TPSA) is 58.6 Å². The van der Waals surface area contributed by atoms with Gasteiger partial charge in [0.05, 0.1) is 23.6 Å². The van der Waals surface area contributed by atoms with E-state index in [0.29, 0.717) is 39.9 Å². The van der Waals surface area contributed by atoms with Crippen molar-refractivity contribution in [2.75, 3.05) is 16.8 Å². The van der Waals surface area contributed by atoms with E-state index in [2.05, 4.69) is 5.32 Å². The number of para-hydroxylation sites is 2. The Balaban J connectivity index is 1.85. The molecule has 0 aliphatic carbocycles. The first kappa shape index (κ1) is 21.7. The number of carbonyl (C=O) groups excluding carboxylic acids is 2. The Morgan fingerprint density at radius 1 is 0.938 bits per heavy atom. The summed E-state index contributed by atoms with van der Waals surface area (Å²) in [6.45, 7) is 6.18. The van der Waals surface area contributed by atoms with Crippen LogP contribution in [0.25, 0.3) is 5.57 Å². The summed E-state index contributed by atoms with van der Waals surface area (Å²) in [6.07, 6.45) is 0. The fourth-order valence-electron chi connectivity index (χ4n) is 3.70.